The number of thioether (sulfide) groups is 1. The van der Waals surface area contributed by atoms with E-state index in [-0.39, 0.29) is 22.6 Å². The van der Waals surface area contributed by atoms with Crippen LogP contribution < -0.4 is 9.64 Å². The average Bonchev–Trinajstić information content (AvgIpc) is 3.62. The van der Waals surface area contributed by atoms with E-state index in [1.54, 1.807) is 42.5 Å². The minimum absolute atomic E-state index is 0.0251. The third-order valence-corrected chi connectivity index (χ3v) is 8.95. The number of anilines is 1. The zero-order valence-corrected chi connectivity index (χ0v) is 23.1. The number of ether oxygens (including phenoxy) is 1. The summed E-state index contributed by atoms with van der Waals surface area (Å²) in [4.78, 5) is 28.2. The quantitative estimate of drug-likeness (QED) is 0.0930. The van der Waals surface area contributed by atoms with Gasteiger partial charge in [-0.2, -0.15) is 0 Å². The molecule has 0 unspecified atom stereocenters. The van der Waals surface area contributed by atoms with Crippen LogP contribution in [0.1, 0.15) is 35.2 Å². The maximum Gasteiger partial charge on any atom is 0.301 e. The Kier molecular flexibility index (Phi) is 6.88. The van der Waals surface area contributed by atoms with Crippen molar-refractivity contribution in [2.45, 2.75) is 35.6 Å². The van der Waals surface area contributed by atoms with Crippen molar-refractivity contribution >= 4 is 57.3 Å². The molecule has 0 spiro atoms. The number of nitrogens with zero attached hydrogens (tertiary/aromatic N) is 3. The van der Waals surface area contributed by atoms with Crippen molar-refractivity contribution in [2.75, 3.05) is 4.90 Å². The van der Waals surface area contributed by atoms with Crippen molar-refractivity contribution in [3.05, 3.63) is 106 Å². The van der Waals surface area contributed by atoms with Crippen molar-refractivity contribution in [3.63, 3.8) is 0 Å². The van der Waals surface area contributed by atoms with Crippen molar-refractivity contribution in [2.24, 2.45) is 0 Å². The Morgan fingerprint density at radius 1 is 1.10 bits per heavy atom. The molecule has 10 heteroatoms. The number of benzene rings is 3. The molecule has 3 aromatic carbocycles. The van der Waals surface area contributed by atoms with Gasteiger partial charge < -0.3 is 9.84 Å². The summed E-state index contributed by atoms with van der Waals surface area (Å²) in [6, 6.07) is 21.2. The Hall–Kier alpha value is -3.66. The monoisotopic (exact) mass is 575 g/mol. The zero-order valence-electron chi connectivity index (χ0n) is 20.7. The van der Waals surface area contributed by atoms with Gasteiger partial charge in [0.25, 0.3) is 5.78 Å². The molecule has 2 aliphatic rings. The molecular formula is C29H22ClN3O4S2. The van der Waals surface area contributed by atoms with Crippen molar-refractivity contribution in [1.82, 2.24) is 10.2 Å². The molecule has 1 fully saturated rings. The van der Waals surface area contributed by atoms with Gasteiger partial charge >= 0.3 is 5.91 Å². The normalized spacial score (nSPS) is 19.8. The minimum atomic E-state index is -0.924. The fourth-order valence-electron chi connectivity index (χ4n) is 4.82. The third-order valence-electron chi connectivity index (χ3n) is 6.59. The second kappa shape index (κ2) is 10.5. The summed E-state index contributed by atoms with van der Waals surface area (Å²) in [5.74, 6) is -0.398. The molecule has 39 heavy (non-hydrogen) atoms. The Labute approximate surface area is 238 Å². The lowest BCUT2D eigenvalue weighted by molar-refractivity contribution is -0.132. The molecule has 0 radical (unpaired) electrons. The number of amides is 1. The number of ketones is 1. The molecule has 2 atom stereocenters. The van der Waals surface area contributed by atoms with Crippen LogP contribution in [0.4, 0.5) is 5.13 Å². The fourth-order valence-corrected chi connectivity index (χ4v) is 6.85. The number of aliphatic hydroxyl groups is 1. The second-order valence-electron chi connectivity index (χ2n) is 9.30. The fraction of sp³-hybridized carbons (Fsp3) is 0.172. The SMILES string of the molecule is C[C@@H]1Cc2cc(C(O)=C3C(=O)C(=O)N(c4nnc(SCc5ccccc5)s4)[C@@H]3c3cccc(Cl)c3)ccc2O1. The third kappa shape index (κ3) is 4.93. The van der Waals surface area contributed by atoms with Crippen molar-refractivity contribution in [3.8, 4) is 5.75 Å². The van der Waals surface area contributed by atoms with E-state index in [4.69, 9.17) is 16.3 Å². The van der Waals surface area contributed by atoms with E-state index in [9.17, 15) is 14.7 Å². The highest BCUT2D eigenvalue weighted by molar-refractivity contribution is 8.00. The van der Waals surface area contributed by atoms with Crippen LogP contribution >= 0.6 is 34.7 Å². The standard InChI is InChI=1S/C29H22ClN3O4S2/c1-16-12-20-13-19(10-11-22(20)37-16)25(34)23-24(18-8-5-9-21(30)14-18)33(27(36)26(23)35)28-31-32-29(39-28)38-15-17-6-3-2-4-7-17/h2-11,13-14,16,24,34H,12,15H2,1H3/t16-,24-/m1/s1. The van der Waals surface area contributed by atoms with Crippen LogP contribution in [0.2, 0.25) is 5.02 Å². The molecule has 7 nitrogen and oxygen atoms in total. The molecule has 3 heterocycles. The average molecular weight is 576 g/mol. The highest BCUT2D eigenvalue weighted by Crippen LogP contribution is 2.45. The number of Topliss-reactive ketones (excluding diaryl/α,β-unsaturated/α-hetero) is 1. The highest BCUT2D eigenvalue weighted by atomic mass is 35.5. The van der Waals surface area contributed by atoms with Gasteiger partial charge in [0.15, 0.2) is 4.34 Å². The first-order valence-electron chi connectivity index (χ1n) is 12.3. The summed E-state index contributed by atoms with van der Waals surface area (Å²) >= 11 is 9.03. The Morgan fingerprint density at radius 2 is 1.92 bits per heavy atom. The van der Waals surface area contributed by atoms with Crippen LogP contribution in [0.3, 0.4) is 0 Å². The lowest BCUT2D eigenvalue weighted by atomic mass is 9.94. The van der Waals surface area contributed by atoms with Crippen LogP contribution in [0.5, 0.6) is 5.75 Å². The number of aromatic nitrogens is 2. The van der Waals surface area contributed by atoms with Crippen LogP contribution in [-0.4, -0.2) is 33.1 Å². The van der Waals surface area contributed by atoms with Gasteiger partial charge in [-0.3, -0.25) is 14.5 Å². The summed E-state index contributed by atoms with van der Waals surface area (Å²) in [5.41, 5.74) is 3.06. The number of carbonyl (C=O) groups is 2. The van der Waals surface area contributed by atoms with Gasteiger partial charge in [0.1, 0.15) is 17.6 Å². The molecule has 0 saturated carbocycles. The molecular weight excluding hydrogens is 554 g/mol. The van der Waals surface area contributed by atoms with E-state index in [0.29, 0.717) is 32.7 Å². The van der Waals surface area contributed by atoms with E-state index in [1.165, 1.54) is 28.0 Å². The molecule has 196 valence electrons. The molecule has 1 saturated heterocycles. The summed E-state index contributed by atoms with van der Waals surface area (Å²) in [6.07, 6.45) is 0.720. The molecule has 0 aliphatic carbocycles. The molecule has 4 aromatic rings. The van der Waals surface area contributed by atoms with Gasteiger partial charge in [-0.05, 0) is 53.9 Å². The summed E-state index contributed by atoms with van der Waals surface area (Å²) in [6.45, 7) is 1.97. The summed E-state index contributed by atoms with van der Waals surface area (Å²) in [5, 5.41) is 20.7. The first-order valence-corrected chi connectivity index (χ1v) is 14.4. The van der Waals surface area contributed by atoms with E-state index >= 15 is 0 Å². The maximum absolute atomic E-state index is 13.5. The first kappa shape index (κ1) is 25.6. The van der Waals surface area contributed by atoms with Gasteiger partial charge in [-0.1, -0.05) is 77.2 Å². The van der Waals surface area contributed by atoms with Gasteiger partial charge in [0.2, 0.25) is 5.13 Å². The van der Waals surface area contributed by atoms with E-state index in [1.807, 2.05) is 37.3 Å². The summed E-state index contributed by atoms with van der Waals surface area (Å²) in [7, 11) is 0. The summed E-state index contributed by atoms with van der Waals surface area (Å²) < 4.78 is 6.44. The number of fused-ring (bicyclic) bond motifs is 1. The smallest absolute Gasteiger partial charge is 0.301 e. The molecule has 1 N–H and O–H groups in total. The predicted molar refractivity (Wildman–Crippen MR) is 152 cm³/mol. The van der Waals surface area contributed by atoms with Crippen LogP contribution in [0, 0.1) is 0 Å². The first-order chi connectivity index (χ1) is 18.9. The van der Waals surface area contributed by atoms with Crippen molar-refractivity contribution < 1.29 is 19.4 Å². The van der Waals surface area contributed by atoms with E-state index < -0.39 is 17.7 Å². The van der Waals surface area contributed by atoms with Gasteiger partial charge in [0.05, 0.1) is 11.6 Å². The van der Waals surface area contributed by atoms with Gasteiger partial charge in [0, 0.05) is 22.8 Å². The Morgan fingerprint density at radius 3 is 2.72 bits per heavy atom. The Bertz CT molecular complexity index is 1620. The van der Waals surface area contributed by atoms with E-state index in [2.05, 4.69) is 10.2 Å². The lowest BCUT2D eigenvalue weighted by Crippen LogP contribution is -2.29. The number of hydrogen-bond acceptors (Lipinski definition) is 8. The minimum Gasteiger partial charge on any atom is -0.507 e. The van der Waals surface area contributed by atoms with Gasteiger partial charge in [-0.25, -0.2) is 0 Å². The number of aliphatic hydroxyl groups excluding tert-OH is 1. The van der Waals surface area contributed by atoms with Crippen LogP contribution in [-0.2, 0) is 21.8 Å². The molecule has 2 aliphatic heterocycles. The zero-order chi connectivity index (χ0) is 27.1. The molecule has 1 aromatic heterocycles. The lowest BCUT2D eigenvalue weighted by Gasteiger charge is -2.22. The molecule has 1 amide bonds. The van der Waals surface area contributed by atoms with Crippen LogP contribution in [0.25, 0.3) is 5.76 Å². The maximum atomic E-state index is 13.5. The highest BCUT2D eigenvalue weighted by Gasteiger charge is 2.48. The number of hydrogen-bond donors (Lipinski definition) is 1. The largest absolute Gasteiger partial charge is 0.507 e. The predicted octanol–water partition coefficient (Wildman–Crippen LogP) is 6.43. The number of carbonyl (C=O) groups excluding carboxylic acids is 2. The van der Waals surface area contributed by atoms with E-state index in [0.717, 1.165) is 16.9 Å². The van der Waals surface area contributed by atoms with Gasteiger partial charge in [-0.15, -0.1) is 10.2 Å². The number of halogens is 1. The molecule has 6 rings (SSSR count). The number of rotatable bonds is 6. The Balaban J connectivity index is 1.40. The topological polar surface area (TPSA) is 92.6 Å². The second-order valence-corrected chi connectivity index (χ2v) is 11.9. The van der Waals surface area contributed by atoms with Crippen molar-refractivity contribution in [1.29, 1.82) is 0 Å². The van der Waals surface area contributed by atoms with Crippen LogP contribution in [0.15, 0.2) is 82.7 Å². The molecule has 0 bridgehead atoms.